The Kier molecular flexibility index (Phi) is 3.97. The Morgan fingerprint density at radius 1 is 1.47 bits per heavy atom. The number of rotatable bonds is 5. The van der Waals surface area contributed by atoms with Crippen molar-refractivity contribution in [2.45, 2.75) is 19.4 Å². The fourth-order valence-electron chi connectivity index (χ4n) is 1.20. The number of aliphatic hydroxyl groups is 2. The van der Waals surface area contributed by atoms with Gasteiger partial charge in [0.15, 0.2) is 0 Å². The molecular formula is C10H15N3O4. The summed E-state index contributed by atoms with van der Waals surface area (Å²) in [5.74, 6) is 0.0422. The minimum atomic E-state index is -1.05. The molecule has 0 unspecified atom stereocenters. The Morgan fingerprint density at radius 3 is 2.53 bits per heavy atom. The first-order valence-corrected chi connectivity index (χ1v) is 5.04. The third kappa shape index (κ3) is 3.11. The van der Waals surface area contributed by atoms with E-state index in [9.17, 15) is 10.1 Å². The Bertz CT molecular complexity index is 418. The first kappa shape index (κ1) is 13.3. The maximum Gasteiger partial charge on any atom is 0.311 e. The summed E-state index contributed by atoms with van der Waals surface area (Å²) in [4.78, 5) is 14.2. The van der Waals surface area contributed by atoms with E-state index in [1.165, 1.54) is 12.1 Å². The van der Waals surface area contributed by atoms with Gasteiger partial charge >= 0.3 is 5.69 Å². The summed E-state index contributed by atoms with van der Waals surface area (Å²) in [7, 11) is 0. The Labute approximate surface area is 98.3 Å². The van der Waals surface area contributed by atoms with Gasteiger partial charge in [-0.3, -0.25) is 10.1 Å². The number of aliphatic hydroxyl groups excluding tert-OH is 2. The number of aromatic nitrogens is 1. The van der Waals surface area contributed by atoms with E-state index in [0.29, 0.717) is 5.69 Å². The number of pyridine rings is 1. The van der Waals surface area contributed by atoms with Crippen LogP contribution in [0.1, 0.15) is 12.6 Å². The van der Waals surface area contributed by atoms with Crippen LogP contribution in [0.2, 0.25) is 0 Å². The minimum Gasteiger partial charge on any atom is -0.394 e. The Balaban J connectivity index is 3.12. The van der Waals surface area contributed by atoms with Crippen molar-refractivity contribution in [3.8, 4) is 0 Å². The molecule has 0 atom stereocenters. The van der Waals surface area contributed by atoms with Gasteiger partial charge in [0.2, 0.25) is 5.82 Å². The number of nitrogens with one attached hydrogen (secondary N) is 1. The molecule has 7 nitrogen and oxygen atoms in total. The molecular weight excluding hydrogens is 226 g/mol. The molecule has 0 aliphatic carbocycles. The van der Waals surface area contributed by atoms with Crippen LogP contribution in [0.25, 0.3) is 0 Å². The third-order valence-electron chi connectivity index (χ3n) is 2.33. The zero-order valence-electron chi connectivity index (χ0n) is 9.67. The summed E-state index contributed by atoms with van der Waals surface area (Å²) >= 11 is 0. The molecule has 0 spiro atoms. The van der Waals surface area contributed by atoms with Crippen LogP contribution in [0.4, 0.5) is 11.5 Å². The van der Waals surface area contributed by atoms with Crippen molar-refractivity contribution in [1.29, 1.82) is 0 Å². The fraction of sp³-hybridized carbons (Fsp3) is 0.500. The van der Waals surface area contributed by atoms with Gasteiger partial charge in [0.25, 0.3) is 0 Å². The number of anilines is 1. The molecule has 0 aliphatic heterocycles. The molecule has 1 aromatic heterocycles. The molecule has 7 heteroatoms. The fourth-order valence-corrected chi connectivity index (χ4v) is 1.20. The molecule has 0 fully saturated rings. The van der Waals surface area contributed by atoms with Crippen molar-refractivity contribution in [3.05, 3.63) is 27.9 Å². The number of hydrogen-bond donors (Lipinski definition) is 3. The van der Waals surface area contributed by atoms with Crippen LogP contribution in [-0.4, -0.2) is 38.9 Å². The van der Waals surface area contributed by atoms with E-state index in [2.05, 4.69) is 10.3 Å². The number of nitrogens with zero attached hydrogens (tertiary/aromatic N) is 2. The average molecular weight is 241 g/mol. The van der Waals surface area contributed by atoms with Gasteiger partial charge in [-0.2, -0.15) is 0 Å². The third-order valence-corrected chi connectivity index (χ3v) is 2.33. The van der Waals surface area contributed by atoms with Crippen LogP contribution in [0.3, 0.4) is 0 Å². The van der Waals surface area contributed by atoms with Crippen molar-refractivity contribution < 1.29 is 15.1 Å². The van der Waals surface area contributed by atoms with Gasteiger partial charge < -0.3 is 15.5 Å². The maximum absolute atomic E-state index is 10.8. The summed E-state index contributed by atoms with van der Waals surface area (Å²) in [5.41, 5.74) is -0.633. The van der Waals surface area contributed by atoms with Gasteiger partial charge in [-0.1, -0.05) is 0 Å². The highest BCUT2D eigenvalue weighted by atomic mass is 16.6. The van der Waals surface area contributed by atoms with Crippen molar-refractivity contribution in [1.82, 2.24) is 4.98 Å². The molecule has 0 saturated carbocycles. The molecule has 0 aliphatic rings. The van der Waals surface area contributed by atoms with Crippen LogP contribution in [0, 0.1) is 17.0 Å². The molecule has 1 aromatic rings. The molecule has 17 heavy (non-hydrogen) atoms. The second-order valence-electron chi connectivity index (χ2n) is 4.08. The van der Waals surface area contributed by atoms with E-state index in [-0.39, 0.29) is 24.7 Å². The smallest absolute Gasteiger partial charge is 0.311 e. The van der Waals surface area contributed by atoms with Gasteiger partial charge in [-0.25, -0.2) is 4.98 Å². The van der Waals surface area contributed by atoms with Gasteiger partial charge in [0.1, 0.15) is 0 Å². The van der Waals surface area contributed by atoms with E-state index >= 15 is 0 Å². The molecule has 3 N–H and O–H groups in total. The molecule has 0 radical (unpaired) electrons. The van der Waals surface area contributed by atoms with E-state index < -0.39 is 10.5 Å². The predicted octanol–water partition coefficient (Wildman–Crippen LogP) is 0.453. The average Bonchev–Trinajstić information content (AvgIpc) is 2.28. The van der Waals surface area contributed by atoms with Crippen LogP contribution in [0.15, 0.2) is 12.1 Å². The van der Waals surface area contributed by atoms with Crippen molar-refractivity contribution in [2.24, 2.45) is 0 Å². The highest BCUT2D eigenvalue weighted by Gasteiger charge is 2.26. The zero-order valence-corrected chi connectivity index (χ0v) is 9.67. The van der Waals surface area contributed by atoms with E-state index in [4.69, 9.17) is 10.2 Å². The SMILES string of the molecule is Cc1ccc([N+](=O)[O-])c(NC(C)(CO)CO)n1. The minimum absolute atomic E-state index is 0.0422. The lowest BCUT2D eigenvalue weighted by Crippen LogP contribution is -2.43. The molecule has 0 saturated heterocycles. The second kappa shape index (κ2) is 5.07. The van der Waals surface area contributed by atoms with Crippen LogP contribution >= 0.6 is 0 Å². The number of aryl methyl sites for hydroxylation is 1. The lowest BCUT2D eigenvalue weighted by molar-refractivity contribution is -0.384. The lowest BCUT2D eigenvalue weighted by Gasteiger charge is -2.26. The molecule has 0 aromatic carbocycles. The summed E-state index contributed by atoms with van der Waals surface area (Å²) in [6, 6.07) is 2.86. The predicted molar refractivity (Wildman–Crippen MR) is 61.8 cm³/mol. The molecule has 1 rings (SSSR count). The topological polar surface area (TPSA) is 109 Å². The van der Waals surface area contributed by atoms with Crippen molar-refractivity contribution in [3.63, 3.8) is 0 Å². The molecule has 0 amide bonds. The monoisotopic (exact) mass is 241 g/mol. The molecule has 94 valence electrons. The van der Waals surface area contributed by atoms with Crippen molar-refractivity contribution >= 4 is 11.5 Å². The van der Waals surface area contributed by atoms with Gasteiger partial charge in [0.05, 0.1) is 23.7 Å². The highest BCUT2D eigenvalue weighted by Crippen LogP contribution is 2.24. The summed E-state index contributed by atoms with van der Waals surface area (Å²) in [5, 5.41) is 31.7. The van der Waals surface area contributed by atoms with Crippen LogP contribution in [-0.2, 0) is 0 Å². The normalized spacial score (nSPS) is 11.3. The van der Waals surface area contributed by atoms with Gasteiger partial charge in [0, 0.05) is 11.8 Å². The van der Waals surface area contributed by atoms with Crippen LogP contribution in [0.5, 0.6) is 0 Å². The molecule has 0 bridgehead atoms. The first-order valence-electron chi connectivity index (χ1n) is 5.04. The quantitative estimate of drug-likeness (QED) is 0.510. The van der Waals surface area contributed by atoms with Gasteiger partial charge in [-0.05, 0) is 19.9 Å². The maximum atomic E-state index is 10.8. The highest BCUT2D eigenvalue weighted by molar-refractivity contribution is 5.57. The van der Waals surface area contributed by atoms with E-state index in [0.717, 1.165) is 0 Å². The summed E-state index contributed by atoms with van der Waals surface area (Å²) < 4.78 is 0. The zero-order chi connectivity index (χ0) is 13.1. The lowest BCUT2D eigenvalue weighted by atomic mass is 10.1. The standard InChI is InChI=1S/C10H15N3O4/c1-7-3-4-8(13(16)17)9(11-7)12-10(2,5-14)6-15/h3-4,14-15H,5-6H2,1-2H3,(H,11,12). The first-order chi connectivity index (χ1) is 7.91. The Morgan fingerprint density at radius 2 is 2.06 bits per heavy atom. The second-order valence-corrected chi connectivity index (χ2v) is 4.08. The van der Waals surface area contributed by atoms with E-state index in [1.807, 2.05) is 0 Å². The molecule has 1 heterocycles. The van der Waals surface area contributed by atoms with Crippen molar-refractivity contribution in [2.75, 3.05) is 18.5 Å². The number of hydrogen-bond acceptors (Lipinski definition) is 6. The summed E-state index contributed by atoms with van der Waals surface area (Å²) in [6.07, 6.45) is 0. The van der Waals surface area contributed by atoms with E-state index in [1.54, 1.807) is 13.8 Å². The summed E-state index contributed by atoms with van der Waals surface area (Å²) in [6.45, 7) is 2.51. The van der Waals surface area contributed by atoms with Crippen LogP contribution < -0.4 is 5.32 Å². The largest absolute Gasteiger partial charge is 0.394 e. The van der Waals surface area contributed by atoms with Gasteiger partial charge in [-0.15, -0.1) is 0 Å². The number of nitro groups is 1. The Hall–Kier alpha value is -1.73.